The van der Waals surface area contributed by atoms with Crippen molar-refractivity contribution < 1.29 is 24.5 Å². The molecule has 97 valence electrons. The van der Waals surface area contributed by atoms with Gasteiger partial charge in [-0.3, -0.25) is 11.8 Å². The van der Waals surface area contributed by atoms with Gasteiger partial charge in [0.25, 0.3) is 0 Å². The molecule has 0 N–H and O–H groups in total. The van der Waals surface area contributed by atoms with Crippen molar-refractivity contribution in [2.24, 2.45) is 0 Å². The number of thioether (sulfide) groups is 1. The van der Waals surface area contributed by atoms with E-state index in [1.54, 1.807) is 5.88 Å². The summed E-state index contributed by atoms with van der Waals surface area (Å²) in [7, 11) is 0. The van der Waals surface area contributed by atoms with Crippen LogP contribution < -0.4 is 4.90 Å². The third-order valence-electron chi connectivity index (χ3n) is 3.24. The molecule has 4 rings (SSSR count). The summed E-state index contributed by atoms with van der Waals surface area (Å²) < 4.78 is 14.0. The molecular weight excluding hydrogens is 437 g/mol. The Bertz CT molecular complexity index is 683. The van der Waals surface area contributed by atoms with Gasteiger partial charge in [-0.1, -0.05) is 35.5 Å². The van der Waals surface area contributed by atoms with Crippen molar-refractivity contribution in [3.8, 4) is 11.1 Å². The minimum absolute atomic E-state index is 0. The SMILES string of the molecule is FC1=C2c3ccccc3-c3ccc[c-]c3N2[CH-]S1.[Ir]. The number of para-hydroxylation sites is 1. The fourth-order valence-corrected chi connectivity index (χ4v) is 3.20. The largest absolute Gasteiger partial charge is 0.501 e. The van der Waals surface area contributed by atoms with E-state index in [9.17, 15) is 4.39 Å². The molecule has 1 radical (unpaired) electrons. The monoisotopic (exact) mass is 446 g/mol. The van der Waals surface area contributed by atoms with Gasteiger partial charge in [-0.05, 0) is 5.56 Å². The molecule has 0 fully saturated rings. The molecule has 4 heteroatoms. The second kappa shape index (κ2) is 4.78. The van der Waals surface area contributed by atoms with Crippen molar-refractivity contribution >= 4 is 23.1 Å². The molecular formula is C15H8FIrNS-2. The van der Waals surface area contributed by atoms with Gasteiger partial charge in [0.05, 0.1) is 5.70 Å². The fourth-order valence-electron chi connectivity index (χ4n) is 2.47. The summed E-state index contributed by atoms with van der Waals surface area (Å²) in [5.74, 6) is 1.80. The number of hydrogen-bond donors (Lipinski definition) is 0. The molecule has 0 unspecified atom stereocenters. The van der Waals surface area contributed by atoms with Gasteiger partial charge in [0.1, 0.15) is 5.16 Å². The Kier molecular flexibility index (Phi) is 3.25. The number of benzene rings is 2. The number of nitrogens with zero attached hydrogens (tertiary/aromatic N) is 1. The Morgan fingerprint density at radius 1 is 1.05 bits per heavy atom. The van der Waals surface area contributed by atoms with Crippen molar-refractivity contribution in [2.45, 2.75) is 0 Å². The third-order valence-corrected chi connectivity index (χ3v) is 3.95. The average Bonchev–Trinajstić information content (AvgIpc) is 2.82. The smallest absolute Gasteiger partial charge is 0.148 e. The Hall–Kier alpha value is -1.09. The molecule has 2 heterocycles. The average molecular weight is 446 g/mol. The van der Waals surface area contributed by atoms with Crippen LogP contribution in [0.15, 0.2) is 47.6 Å². The topological polar surface area (TPSA) is 3.24 Å². The van der Waals surface area contributed by atoms with Crippen molar-refractivity contribution in [1.29, 1.82) is 0 Å². The van der Waals surface area contributed by atoms with Crippen LogP contribution in [0.2, 0.25) is 0 Å². The summed E-state index contributed by atoms with van der Waals surface area (Å²) in [6, 6.07) is 17.0. The fraction of sp³-hybridized carbons (Fsp3) is 0. The summed E-state index contributed by atoms with van der Waals surface area (Å²) in [6.07, 6.45) is 0. The number of rotatable bonds is 0. The Morgan fingerprint density at radius 3 is 2.63 bits per heavy atom. The number of hydrogen-bond acceptors (Lipinski definition) is 2. The van der Waals surface area contributed by atoms with Crippen LogP contribution in [0.1, 0.15) is 5.56 Å². The van der Waals surface area contributed by atoms with Crippen LogP contribution in [-0.4, -0.2) is 0 Å². The zero-order chi connectivity index (χ0) is 12.1. The van der Waals surface area contributed by atoms with Gasteiger partial charge in [0.15, 0.2) is 0 Å². The molecule has 2 aromatic rings. The van der Waals surface area contributed by atoms with Gasteiger partial charge in [0, 0.05) is 20.1 Å². The van der Waals surface area contributed by atoms with E-state index in [-0.39, 0.29) is 25.3 Å². The maximum atomic E-state index is 14.0. The number of fused-ring (bicyclic) bond motifs is 6. The van der Waals surface area contributed by atoms with Crippen LogP contribution >= 0.6 is 11.8 Å². The molecule has 0 saturated carbocycles. The van der Waals surface area contributed by atoms with Crippen LogP contribution in [0.5, 0.6) is 0 Å². The van der Waals surface area contributed by atoms with Crippen LogP contribution in [0, 0.1) is 11.9 Å². The van der Waals surface area contributed by atoms with Gasteiger partial charge in [0.2, 0.25) is 0 Å². The minimum atomic E-state index is -0.148. The van der Waals surface area contributed by atoms with E-state index < -0.39 is 0 Å². The molecule has 0 amide bonds. The first-order valence-corrected chi connectivity index (χ1v) is 6.54. The molecule has 0 atom stereocenters. The molecule has 2 aromatic carbocycles. The summed E-state index contributed by atoms with van der Waals surface area (Å²) in [6.45, 7) is 0. The first-order valence-electron chi connectivity index (χ1n) is 5.66. The van der Waals surface area contributed by atoms with Crippen molar-refractivity contribution in [2.75, 3.05) is 4.90 Å². The zero-order valence-electron chi connectivity index (χ0n) is 9.69. The van der Waals surface area contributed by atoms with E-state index in [2.05, 4.69) is 12.1 Å². The molecule has 19 heavy (non-hydrogen) atoms. The molecule has 0 aliphatic carbocycles. The van der Waals surface area contributed by atoms with Gasteiger partial charge in [-0.15, -0.1) is 5.56 Å². The zero-order valence-corrected chi connectivity index (χ0v) is 12.9. The second-order valence-corrected chi connectivity index (χ2v) is 5.00. The first kappa shape index (κ1) is 12.9. The van der Waals surface area contributed by atoms with E-state index >= 15 is 0 Å². The van der Waals surface area contributed by atoms with Gasteiger partial charge in [-0.2, -0.15) is 34.5 Å². The van der Waals surface area contributed by atoms with Crippen LogP contribution in [0.3, 0.4) is 0 Å². The summed E-state index contributed by atoms with van der Waals surface area (Å²) in [5, 5.41) is -0.148. The third kappa shape index (κ3) is 1.78. The van der Waals surface area contributed by atoms with Gasteiger partial charge in [-0.25, -0.2) is 0 Å². The standard InChI is InChI=1S/C15H8FNS.Ir/c16-15-14-12-7-2-1-5-10(12)11-6-3-4-8-13(11)17(14)9-18-15;/h1-7,9H;/q-2;. The maximum absolute atomic E-state index is 14.0. The normalized spacial score (nSPS) is 15.5. The molecule has 1 nitrogen and oxygen atoms in total. The van der Waals surface area contributed by atoms with Crippen molar-refractivity contribution in [3.05, 3.63) is 65.1 Å². The molecule has 0 bridgehead atoms. The van der Waals surface area contributed by atoms with E-state index in [0.717, 1.165) is 34.1 Å². The molecule has 2 aliphatic rings. The molecule has 0 aromatic heterocycles. The first-order chi connectivity index (χ1) is 8.86. The van der Waals surface area contributed by atoms with Crippen molar-refractivity contribution in [3.63, 3.8) is 0 Å². The predicted molar refractivity (Wildman–Crippen MR) is 73.1 cm³/mol. The van der Waals surface area contributed by atoms with Crippen LogP contribution in [0.4, 0.5) is 10.1 Å². The van der Waals surface area contributed by atoms with Gasteiger partial charge >= 0.3 is 0 Å². The van der Waals surface area contributed by atoms with Gasteiger partial charge < -0.3 is 4.90 Å². The van der Waals surface area contributed by atoms with Crippen molar-refractivity contribution in [1.82, 2.24) is 0 Å². The van der Waals surface area contributed by atoms with E-state index in [4.69, 9.17) is 0 Å². The Morgan fingerprint density at radius 2 is 1.79 bits per heavy atom. The molecule has 2 aliphatic heterocycles. The molecule has 0 saturated heterocycles. The maximum Gasteiger partial charge on any atom is 0.148 e. The summed E-state index contributed by atoms with van der Waals surface area (Å²) >= 11 is 1.12. The quantitative estimate of drug-likeness (QED) is 0.552. The van der Waals surface area contributed by atoms with E-state index in [1.807, 2.05) is 41.3 Å². The number of anilines is 1. The Balaban J connectivity index is 0.00000110. The molecule has 0 spiro atoms. The predicted octanol–water partition coefficient (Wildman–Crippen LogP) is 4.43. The summed E-state index contributed by atoms with van der Waals surface area (Å²) in [4.78, 5) is 1.89. The summed E-state index contributed by atoms with van der Waals surface area (Å²) in [5.41, 5.74) is 4.69. The van der Waals surface area contributed by atoms with E-state index in [1.165, 1.54) is 0 Å². The second-order valence-electron chi connectivity index (χ2n) is 4.19. The van der Waals surface area contributed by atoms with Crippen LogP contribution in [-0.2, 0) is 20.1 Å². The minimum Gasteiger partial charge on any atom is -0.501 e. The van der Waals surface area contributed by atoms with Crippen LogP contribution in [0.25, 0.3) is 16.8 Å². The Labute approximate surface area is 128 Å². The number of halogens is 1. The van der Waals surface area contributed by atoms with E-state index in [0.29, 0.717) is 5.70 Å².